The van der Waals surface area contributed by atoms with Gasteiger partial charge in [0.15, 0.2) is 17.3 Å². The first-order chi connectivity index (χ1) is 10.0. The monoisotopic (exact) mass is 290 g/mol. The van der Waals surface area contributed by atoms with Crippen LogP contribution >= 0.6 is 0 Å². The average molecular weight is 290 g/mol. The van der Waals surface area contributed by atoms with Crippen molar-refractivity contribution >= 4 is 11.1 Å². The Morgan fingerprint density at radius 2 is 2.19 bits per heavy atom. The van der Waals surface area contributed by atoms with Crippen LogP contribution in [0.2, 0.25) is 0 Å². The number of aromatic nitrogens is 1. The molecule has 0 amide bonds. The highest BCUT2D eigenvalue weighted by atomic mass is 19.1. The maximum Gasteiger partial charge on any atom is 0.198 e. The molecule has 1 N–H and O–H groups in total. The van der Waals surface area contributed by atoms with E-state index in [4.69, 9.17) is 4.42 Å². The van der Waals surface area contributed by atoms with Gasteiger partial charge in [0.25, 0.3) is 0 Å². The van der Waals surface area contributed by atoms with Crippen LogP contribution in [0.25, 0.3) is 11.1 Å². The van der Waals surface area contributed by atoms with Crippen LogP contribution < -0.4 is 5.32 Å². The summed E-state index contributed by atoms with van der Waals surface area (Å²) in [5.74, 6) is 1.15. The van der Waals surface area contributed by atoms with Gasteiger partial charge in [0.2, 0.25) is 0 Å². The van der Waals surface area contributed by atoms with Crippen molar-refractivity contribution in [3.63, 3.8) is 0 Å². The fourth-order valence-corrected chi connectivity index (χ4v) is 3.11. The standard InChI is InChI=1S/C17H23FN2O/c1-10(2)17-20-15-8-12(7-13(18)16(15)21-17)9-19-14-6-4-5-11(14)3/h7-8,10-11,14,19H,4-6,9H2,1-3H3. The first kappa shape index (κ1) is 14.5. The van der Waals surface area contributed by atoms with Crippen molar-refractivity contribution in [2.24, 2.45) is 5.92 Å². The van der Waals surface area contributed by atoms with Crippen LogP contribution in [0.5, 0.6) is 0 Å². The van der Waals surface area contributed by atoms with Crippen molar-refractivity contribution in [3.05, 3.63) is 29.4 Å². The predicted molar refractivity (Wildman–Crippen MR) is 81.7 cm³/mol. The van der Waals surface area contributed by atoms with E-state index in [-0.39, 0.29) is 17.3 Å². The Balaban J connectivity index is 1.79. The summed E-state index contributed by atoms with van der Waals surface area (Å²) in [7, 11) is 0. The maximum absolute atomic E-state index is 14.1. The molecule has 3 rings (SSSR count). The quantitative estimate of drug-likeness (QED) is 0.908. The third-order valence-electron chi connectivity index (χ3n) is 4.44. The molecule has 2 aromatic rings. The lowest BCUT2D eigenvalue weighted by molar-refractivity contribution is 0.425. The average Bonchev–Trinajstić information content (AvgIpc) is 3.03. The molecule has 1 heterocycles. The molecule has 0 aliphatic heterocycles. The van der Waals surface area contributed by atoms with Crippen LogP contribution in [0.3, 0.4) is 0 Å². The van der Waals surface area contributed by atoms with Crippen LogP contribution in [0.15, 0.2) is 16.5 Å². The zero-order valence-corrected chi connectivity index (χ0v) is 12.9. The molecule has 4 heteroatoms. The Hall–Kier alpha value is -1.42. The third kappa shape index (κ3) is 2.95. The Morgan fingerprint density at radius 3 is 2.86 bits per heavy atom. The first-order valence-electron chi connectivity index (χ1n) is 7.87. The lowest BCUT2D eigenvalue weighted by atomic mass is 10.1. The first-order valence-corrected chi connectivity index (χ1v) is 7.87. The number of hydrogen-bond donors (Lipinski definition) is 1. The lowest BCUT2D eigenvalue weighted by Crippen LogP contribution is -2.30. The highest BCUT2D eigenvalue weighted by molar-refractivity contribution is 5.74. The third-order valence-corrected chi connectivity index (χ3v) is 4.44. The summed E-state index contributed by atoms with van der Waals surface area (Å²) in [6.07, 6.45) is 3.78. The van der Waals surface area contributed by atoms with Crippen LogP contribution in [-0.2, 0) is 6.54 Å². The molecule has 0 bridgehead atoms. The number of nitrogens with one attached hydrogen (secondary N) is 1. The van der Waals surface area contributed by atoms with Gasteiger partial charge in [-0.05, 0) is 36.5 Å². The summed E-state index contributed by atoms with van der Waals surface area (Å²) in [6.45, 7) is 6.95. The summed E-state index contributed by atoms with van der Waals surface area (Å²) >= 11 is 0. The number of nitrogens with zero attached hydrogens (tertiary/aromatic N) is 1. The predicted octanol–water partition coefficient (Wildman–Crippen LogP) is 4.37. The molecule has 1 aromatic heterocycles. The zero-order chi connectivity index (χ0) is 15.0. The van der Waals surface area contributed by atoms with E-state index in [1.807, 2.05) is 19.9 Å². The normalized spacial score (nSPS) is 22.5. The molecule has 1 aliphatic carbocycles. The van der Waals surface area contributed by atoms with E-state index in [9.17, 15) is 4.39 Å². The Labute approximate surface area is 124 Å². The summed E-state index contributed by atoms with van der Waals surface area (Å²) < 4.78 is 19.6. The van der Waals surface area contributed by atoms with Gasteiger partial charge in [0.05, 0.1) is 0 Å². The zero-order valence-electron chi connectivity index (χ0n) is 12.9. The van der Waals surface area contributed by atoms with E-state index in [1.165, 1.54) is 19.3 Å². The molecule has 1 fully saturated rings. The second-order valence-electron chi connectivity index (χ2n) is 6.53. The molecule has 21 heavy (non-hydrogen) atoms. The van der Waals surface area contributed by atoms with E-state index in [0.29, 0.717) is 29.9 Å². The van der Waals surface area contributed by atoms with Gasteiger partial charge in [0.1, 0.15) is 5.52 Å². The molecule has 2 unspecified atom stereocenters. The second kappa shape index (κ2) is 5.76. The summed E-state index contributed by atoms with van der Waals surface area (Å²) in [4.78, 5) is 4.39. The Morgan fingerprint density at radius 1 is 1.38 bits per heavy atom. The summed E-state index contributed by atoms with van der Waals surface area (Å²) in [6, 6.07) is 4.04. The van der Waals surface area contributed by atoms with Gasteiger partial charge in [0, 0.05) is 18.5 Å². The fraction of sp³-hybridized carbons (Fsp3) is 0.588. The van der Waals surface area contributed by atoms with Crippen LogP contribution in [0.1, 0.15) is 57.4 Å². The van der Waals surface area contributed by atoms with Crippen LogP contribution in [-0.4, -0.2) is 11.0 Å². The second-order valence-corrected chi connectivity index (χ2v) is 6.53. The van der Waals surface area contributed by atoms with Gasteiger partial charge in [-0.3, -0.25) is 0 Å². The Bertz CT molecular complexity index is 635. The number of rotatable bonds is 4. The topological polar surface area (TPSA) is 38.1 Å². The van der Waals surface area contributed by atoms with Crippen molar-refractivity contribution < 1.29 is 8.81 Å². The minimum absolute atomic E-state index is 0.165. The van der Waals surface area contributed by atoms with Crippen molar-refractivity contribution in [3.8, 4) is 0 Å². The molecule has 0 saturated heterocycles. The molecule has 2 atom stereocenters. The smallest absolute Gasteiger partial charge is 0.198 e. The van der Waals surface area contributed by atoms with E-state index in [2.05, 4.69) is 17.2 Å². The molecule has 3 nitrogen and oxygen atoms in total. The minimum atomic E-state index is -0.317. The van der Waals surface area contributed by atoms with Gasteiger partial charge < -0.3 is 9.73 Å². The molecule has 1 aromatic carbocycles. The molecule has 1 aliphatic rings. The van der Waals surface area contributed by atoms with Gasteiger partial charge in [-0.1, -0.05) is 27.2 Å². The van der Waals surface area contributed by atoms with Gasteiger partial charge in [-0.25, -0.2) is 9.37 Å². The Kier molecular flexibility index (Phi) is 3.98. The highest BCUT2D eigenvalue weighted by Crippen LogP contribution is 2.27. The molecular formula is C17H23FN2O. The maximum atomic E-state index is 14.1. The number of hydrogen-bond acceptors (Lipinski definition) is 3. The molecule has 0 radical (unpaired) electrons. The van der Waals surface area contributed by atoms with Crippen molar-refractivity contribution in [1.29, 1.82) is 0 Å². The van der Waals surface area contributed by atoms with Crippen molar-refractivity contribution in [1.82, 2.24) is 10.3 Å². The van der Waals surface area contributed by atoms with E-state index in [1.54, 1.807) is 6.07 Å². The van der Waals surface area contributed by atoms with Gasteiger partial charge >= 0.3 is 0 Å². The summed E-state index contributed by atoms with van der Waals surface area (Å²) in [5, 5.41) is 3.54. The minimum Gasteiger partial charge on any atom is -0.437 e. The molecule has 114 valence electrons. The number of oxazole rings is 1. The van der Waals surface area contributed by atoms with E-state index < -0.39 is 0 Å². The van der Waals surface area contributed by atoms with Crippen molar-refractivity contribution in [2.45, 2.75) is 58.5 Å². The number of benzene rings is 1. The highest BCUT2D eigenvalue weighted by Gasteiger charge is 2.22. The fourth-order valence-electron chi connectivity index (χ4n) is 3.11. The lowest BCUT2D eigenvalue weighted by Gasteiger charge is -2.17. The largest absolute Gasteiger partial charge is 0.437 e. The SMILES string of the molecule is CC(C)c1nc2cc(CNC3CCCC3C)cc(F)c2o1. The molecule has 0 spiro atoms. The summed E-state index contributed by atoms with van der Waals surface area (Å²) in [5.41, 5.74) is 1.83. The van der Waals surface area contributed by atoms with E-state index >= 15 is 0 Å². The van der Waals surface area contributed by atoms with Gasteiger partial charge in [-0.2, -0.15) is 0 Å². The number of halogens is 1. The van der Waals surface area contributed by atoms with Crippen LogP contribution in [0.4, 0.5) is 4.39 Å². The van der Waals surface area contributed by atoms with Gasteiger partial charge in [-0.15, -0.1) is 0 Å². The molecule has 1 saturated carbocycles. The number of fused-ring (bicyclic) bond motifs is 1. The van der Waals surface area contributed by atoms with Crippen molar-refractivity contribution in [2.75, 3.05) is 0 Å². The van der Waals surface area contributed by atoms with Crippen LogP contribution in [0, 0.1) is 11.7 Å². The van der Waals surface area contributed by atoms with E-state index in [0.717, 1.165) is 5.56 Å². The molecular weight excluding hydrogens is 267 g/mol.